The van der Waals surface area contributed by atoms with Crippen LogP contribution in [0.25, 0.3) is 22.1 Å². The van der Waals surface area contributed by atoms with Crippen LogP contribution in [0.2, 0.25) is 0 Å². The maximum absolute atomic E-state index is 13.9. The van der Waals surface area contributed by atoms with Gasteiger partial charge in [-0.15, -0.1) is 10.2 Å². The molecule has 0 fully saturated rings. The second kappa shape index (κ2) is 10.0. The molecule has 4 rings (SSSR count). The summed E-state index contributed by atoms with van der Waals surface area (Å²) < 4.78 is 29.2. The zero-order valence-corrected chi connectivity index (χ0v) is 18.5. The predicted molar refractivity (Wildman–Crippen MR) is 122 cm³/mol. The molecule has 4 aromatic rings. The van der Waals surface area contributed by atoms with E-state index >= 15 is 0 Å². The van der Waals surface area contributed by atoms with E-state index in [1.807, 2.05) is 11.5 Å². The number of nitrogens with one attached hydrogen (secondary N) is 1. The van der Waals surface area contributed by atoms with Gasteiger partial charge in [-0.05, 0) is 48.7 Å². The van der Waals surface area contributed by atoms with E-state index in [1.54, 1.807) is 18.2 Å². The van der Waals surface area contributed by atoms with Crippen LogP contribution >= 0.6 is 11.8 Å². The maximum atomic E-state index is 13.9. The lowest BCUT2D eigenvalue weighted by Gasteiger charge is -2.07. The average Bonchev–Trinajstić information content (AvgIpc) is 3.09. The third kappa shape index (κ3) is 5.04. The number of rotatable bonds is 9. The number of amides is 1. The van der Waals surface area contributed by atoms with Crippen molar-refractivity contribution in [3.63, 3.8) is 0 Å². The highest BCUT2D eigenvalue weighted by Crippen LogP contribution is 2.29. The molecule has 1 amide bonds. The molecule has 2 heterocycles. The van der Waals surface area contributed by atoms with E-state index in [0.29, 0.717) is 53.4 Å². The van der Waals surface area contributed by atoms with Gasteiger partial charge >= 0.3 is 0 Å². The highest BCUT2D eigenvalue weighted by Gasteiger charge is 2.16. The Balaban J connectivity index is 1.58. The molecule has 0 unspecified atom stereocenters. The van der Waals surface area contributed by atoms with Crippen molar-refractivity contribution in [3.05, 3.63) is 59.7 Å². The summed E-state index contributed by atoms with van der Waals surface area (Å²) in [5.41, 5.74) is 2.78. The first-order valence-electron chi connectivity index (χ1n) is 10.5. The fourth-order valence-corrected chi connectivity index (χ4v) is 4.18. The quantitative estimate of drug-likeness (QED) is 0.292. The Hall–Kier alpha value is -3.07. The minimum atomic E-state index is -0.361. The zero-order valence-electron chi connectivity index (χ0n) is 17.6. The van der Waals surface area contributed by atoms with Gasteiger partial charge in [0, 0.05) is 30.6 Å². The molecule has 0 atom stereocenters. The monoisotopic (exact) mass is 455 g/mol. The number of nitrogens with zero attached hydrogens (tertiary/aromatic N) is 4. The van der Waals surface area contributed by atoms with Crippen molar-refractivity contribution >= 4 is 39.7 Å². The summed E-state index contributed by atoms with van der Waals surface area (Å²) in [4.78, 5) is 16.4. The number of thioether (sulfide) groups is 1. The minimum absolute atomic E-state index is 0.0448. The zero-order chi connectivity index (χ0) is 22.5. The summed E-state index contributed by atoms with van der Waals surface area (Å²) in [6.45, 7) is 3.14. The smallest absolute Gasteiger partial charge is 0.220 e. The summed E-state index contributed by atoms with van der Waals surface area (Å²) in [6, 6.07) is 10.8. The molecule has 0 aliphatic carbocycles. The van der Waals surface area contributed by atoms with E-state index in [2.05, 4.69) is 20.5 Å². The first kappa shape index (κ1) is 22.1. The van der Waals surface area contributed by atoms with Gasteiger partial charge in [0.1, 0.15) is 17.2 Å². The SMILES string of the molecule is CCCNC(=O)CCCSc1nnc2c3cc(F)ccc3n(Cc3ccc(F)cc3)c2n1. The fourth-order valence-electron chi connectivity index (χ4n) is 3.46. The van der Waals surface area contributed by atoms with Crippen molar-refractivity contribution in [1.82, 2.24) is 25.1 Å². The van der Waals surface area contributed by atoms with Crippen LogP contribution in [-0.4, -0.2) is 38.0 Å². The number of halogens is 2. The Bertz CT molecular complexity index is 1240. The Labute approximate surface area is 188 Å². The first-order valence-corrected chi connectivity index (χ1v) is 11.5. The summed E-state index contributed by atoms with van der Waals surface area (Å²) in [5.74, 6) is 0.0620. The van der Waals surface area contributed by atoms with Crippen molar-refractivity contribution in [2.45, 2.75) is 37.9 Å². The van der Waals surface area contributed by atoms with E-state index < -0.39 is 0 Å². The highest BCUT2D eigenvalue weighted by atomic mass is 32.2. The van der Waals surface area contributed by atoms with Gasteiger partial charge in [0.2, 0.25) is 11.1 Å². The van der Waals surface area contributed by atoms with Crippen LogP contribution in [0, 0.1) is 11.6 Å². The standard InChI is InChI=1S/C23H23F2N5OS/c1-2-11-26-20(31)4-3-12-32-23-27-22-21(28-29-23)18-13-17(25)9-10-19(18)30(22)14-15-5-7-16(24)8-6-15/h5-10,13H,2-4,11-12,14H2,1H3,(H,26,31). The van der Waals surface area contributed by atoms with E-state index in [4.69, 9.17) is 0 Å². The van der Waals surface area contributed by atoms with Crippen molar-refractivity contribution in [2.24, 2.45) is 0 Å². The summed E-state index contributed by atoms with van der Waals surface area (Å²) in [5, 5.41) is 12.5. The summed E-state index contributed by atoms with van der Waals surface area (Å²) in [6.07, 6.45) is 2.06. The normalized spacial score (nSPS) is 11.3. The molecule has 0 aliphatic rings. The molecule has 2 aromatic heterocycles. The van der Waals surface area contributed by atoms with E-state index in [9.17, 15) is 13.6 Å². The highest BCUT2D eigenvalue weighted by molar-refractivity contribution is 7.99. The number of hydrogen-bond donors (Lipinski definition) is 1. The van der Waals surface area contributed by atoms with Crippen LogP contribution in [0.5, 0.6) is 0 Å². The van der Waals surface area contributed by atoms with Crippen LogP contribution in [0.3, 0.4) is 0 Å². The molecule has 166 valence electrons. The lowest BCUT2D eigenvalue weighted by atomic mass is 10.2. The van der Waals surface area contributed by atoms with Gasteiger partial charge in [0.15, 0.2) is 5.65 Å². The molecule has 0 saturated heterocycles. The van der Waals surface area contributed by atoms with Gasteiger partial charge in [0.05, 0.1) is 5.52 Å². The number of hydrogen-bond acceptors (Lipinski definition) is 5. The fraction of sp³-hybridized carbons (Fsp3) is 0.304. The van der Waals surface area contributed by atoms with E-state index in [0.717, 1.165) is 17.5 Å². The topological polar surface area (TPSA) is 72.7 Å². The number of carbonyl (C=O) groups is 1. The Morgan fingerprint density at radius 3 is 2.66 bits per heavy atom. The van der Waals surface area contributed by atoms with Crippen molar-refractivity contribution in [1.29, 1.82) is 0 Å². The molecular formula is C23H23F2N5OS. The predicted octanol–water partition coefficient (Wildman–Crippen LogP) is 4.70. The van der Waals surface area contributed by atoms with Crippen LogP contribution in [0.15, 0.2) is 47.6 Å². The molecule has 6 nitrogen and oxygen atoms in total. The number of benzene rings is 2. The van der Waals surface area contributed by atoms with Gasteiger partial charge in [-0.3, -0.25) is 4.79 Å². The van der Waals surface area contributed by atoms with Gasteiger partial charge in [-0.1, -0.05) is 30.8 Å². The summed E-state index contributed by atoms with van der Waals surface area (Å²) >= 11 is 1.43. The number of aromatic nitrogens is 4. The third-order valence-electron chi connectivity index (χ3n) is 5.01. The van der Waals surface area contributed by atoms with Gasteiger partial charge < -0.3 is 9.88 Å². The molecule has 0 saturated carbocycles. The third-order valence-corrected chi connectivity index (χ3v) is 5.94. The van der Waals surface area contributed by atoms with Crippen molar-refractivity contribution < 1.29 is 13.6 Å². The van der Waals surface area contributed by atoms with Crippen LogP contribution in [0.4, 0.5) is 8.78 Å². The van der Waals surface area contributed by atoms with E-state index in [1.165, 1.54) is 36.0 Å². The van der Waals surface area contributed by atoms with Crippen molar-refractivity contribution in [2.75, 3.05) is 12.3 Å². The molecule has 0 bridgehead atoms. The molecule has 1 N–H and O–H groups in total. The van der Waals surface area contributed by atoms with Crippen molar-refractivity contribution in [3.8, 4) is 0 Å². The Morgan fingerprint density at radius 1 is 1.09 bits per heavy atom. The molecular weight excluding hydrogens is 432 g/mol. The molecule has 0 aliphatic heterocycles. The average molecular weight is 456 g/mol. The van der Waals surface area contributed by atoms with E-state index in [-0.39, 0.29) is 17.5 Å². The molecule has 2 aromatic carbocycles. The van der Waals surface area contributed by atoms with Gasteiger partial charge in [-0.25, -0.2) is 13.8 Å². The Kier molecular flexibility index (Phi) is 6.94. The second-order valence-electron chi connectivity index (χ2n) is 7.44. The molecule has 32 heavy (non-hydrogen) atoms. The molecule has 0 spiro atoms. The summed E-state index contributed by atoms with van der Waals surface area (Å²) in [7, 11) is 0. The Morgan fingerprint density at radius 2 is 1.88 bits per heavy atom. The minimum Gasteiger partial charge on any atom is -0.356 e. The lowest BCUT2D eigenvalue weighted by molar-refractivity contribution is -0.121. The maximum Gasteiger partial charge on any atom is 0.220 e. The largest absolute Gasteiger partial charge is 0.356 e. The van der Waals surface area contributed by atoms with Gasteiger partial charge in [0.25, 0.3) is 0 Å². The number of fused-ring (bicyclic) bond motifs is 3. The van der Waals surface area contributed by atoms with Crippen LogP contribution in [0.1, 0.15) is 31.7 Å². The molecule has 9 heteroatoms. The second-order valence-corrected chi connectivity index (χ2v) is 8.50. The molecule has 0 radical (unpaired) electrons. The van der Waals surface area contributed by atoms with Crippen LogP contribution in [-0.2, 0) is 11.3 Å². The van der Waals surface area contributed by atoms with Gasteiger partial charge in [-0.2, -0.15) is 0 Å². The van der Waals surface area contributed by atoms with Crippen LogP contribution < -0.4 is 5.32 Å². The lowest BCUT2D eigenvalue weighted by Crippen LogP contribution is -2.23. The number of carbonyl (C=O) groups excluding carboxylic acids is 1. The first-order chi connectivity index (χ1) is 15.5.